The lowest BCUT2D eigenvalue weighted by Crippen LogP contribution is -2.41. The highest BCUT2D eigenvalue weighted by Gasteiger charge is 2.65. The second-order valence-electron chi connectivity index (χ2n) is 11.3. The van der Waals surface area contributed by atoms with Crippen molar-refractivity contribution in [3.05, 3.63) is 102 Å². The van der Waals surface area contributed by atoms with Gasteiger partial charge < -0.3 is 10.2 Å². The van der Waals surface area contributed by atoms with Crippen molar-refractivity contribution in [2.24, 2.45) is 5.41 Å². The molecule has 5 rings (SSSR count). The topological polar surface area (TPSA) is 84.3 Å². The predicted molar refractivity (Wildman–Crippen MR) is 160 cm³/mol. The lowest BCUT2D eigenvalue weighted by Gasteiger charge is -2.25. The van der Waals surface area contributed by atoms with Crippen LogP contribution in [0.5, 0.6) is 0 Å². The van der Waals surface area contributed by atoms with Gasteiger partial charge in [0, 0.05) is 24.0 Å². The highest BCUT2D eigenvalue weighted by Crippen LogP contribution is 2.64. The average Bonchev–Trinajstić information content (AvgIpc) is 3.67. The van der Waals surface area contributed by atoms with Gasteiger partial charge in [0.15, 0.2) is 0 Å². The fourth-order valence-electron chi connectivity index (χ4n) is 5.24. The molecule has 0 saturated heterocycles. The Morgan fingerprint density at radius 2 is 1.74 bits per heavy atom. The molecule has 0 bridgehead atoms. The number of nitrogens with zero attached hydrogens (tertiary/aromatic N) is 3. The van der Waals surface area contributed by atoms with Crippen LogP contribution in [0.15, 0.2) is 90.0 Å². The monoisotopic (exact) mass is 610 g/mol. The van der Waals surface area contributed by atoms with Gasteiger partial charge in [0.1, 0.15) is 0 Å². The maximum Gasteiger partial charge on any atom is 0.398 e. The van der Waals surface area contributed by atoms with Crippen molar-refractivity contribution in [3.63, 3.8) is 0 Å². The fraction of sp³-hybridized carbons (Fsp3) is 0.312. The normalized spacial score (nSPS) is 15.9. The minimum Gasteiger partial charge on any atom is -0.351 e. The van der Waals surface area contributed by atoms with E-state index in [1.807, 2.05) is 38.1 Å². The van der Waals surface area contributed by atoms with Crippen molar-refractivity contribution in [3.8, 4) is 0 Å². The summed E-state index contributed by atoms with van der Waals surface area (Å²) in [7, 11) is -0.165. The Kier molecular flexibility index (Phi) is 8.24. The average molecular weight is 611 g/mol. The molecule has 11 heteroatoms. The minimum absolute atomic E-state index is 0.0115. The molecule has 0 spiro atoms. The first-order chi connectivity index (χ1) is 20.3. The van der Waals surface area contributed by atoms with Crippen LogP contribution in [-0.2, 0) is 21.2 Å². The molecule has 1 fully saturated rings. The van der Waals surface area contributed by atoms with Gasteiger partial charge >= 0.3 is 6.18 Å². The highest BCUT2D eigenvalue weighted by molar-refractivity contribution is 7.90. The van der Waals surface area contributed by atoms with E-state index in [2.05, 4.69) is 10.4 Å². The van der Waals surface area contributed by atoms with Crippen LogP contribution in [0.25, 0.3) is 16.5 Å². The summed E-state index contributed by atoms with van der Waals surface area (Å²) in [5.41, 5.74) is 0.650. The maximum absolute atomic E-state index is 14.0. The molecular weight excluding hydrogens is 577 g/mol. The summed E-state index contributed by atoms with van der Waals surface area (Å²) in [5.74, 6) is -0.584. The van der Waals surface area contributed by atoms with Crippen molar-refractivity contribution in [2.75, 3.05) is 20.6 Å². The molecule has 43 heavy (non-hydrogen) atoms. The standard InChI is InChI=1S/C32H33F3N4O3S/c1-22-9-12-27(13-10-22)43(41,42)39-29-14-11-23(17-25(29)20-37-39)18-26(38(2)3)21-36-30(40)19-28(24-7-5-4-6-8-24)31(15-16-31)32(33,34)35/h4-14,17,19-20,26H,15-16,18,21H2,1-3H3,(H,36,40)/b28-19+/t26-/m0/s1. The molecule has 7 nitrogen and oxygen atoms in total. The number of hydrogen-bond donors (Lipinski definition) is 1. The summed E-state index contributed by atoms with van der Waals surface area (Å²) >= 11 is 0. The molecule has 1 aliphatic rings. The molecule has 1 atom stereocenters. The minimum atomic E-state index is -4.45. The van der Waals surface area contributed by atoms with Gasteiger partial charge in [0.05, 0.1) is 22.0 Å². The number of carbonyl (C=O) groups excluding carboxylic acids is 1. The molecule has 0 aliphatic heterocycles. The van der Waals surface area contributed by atoms with E-state index in [4.69, 9.17) is 0 Å². The number of nitrogens with one attached hydrogen (secondary N) is 1. The van der Waals surface area contributed by atoms with E-state index < -0.39 is 27.5 Å². The SMILES string of the molecule is Cc1ccc(S(=O)(=O)n2ncc3cc(C[C@@H](CNC(=O)/C=C(\c4ccccc4)C4(C(F)(F)F)CC4)N(C)C)ccc32)cc1. The number of halogens is 3. The van der Waals surface area contributed by atoms with Gasteiger partial charge in [-0.1, -0.05) is 54.1 Å². The van der Waals surface area contributed by atoms with Gasteiger partial charge in [-0.15, -0.1) is 0 Å². The lowest BCUT2D eigenvalue weighted by atomic mass is 9.88. The number of fused-ring (bicyclic) bond motifs is 1. The number of hydrogen-bond acceptors (Lipinski definition) is 5. The molecule has 1 heterocycles. The zero-order chi connectivity index (χ0) is 31.0. The Labute approximate surface area is 249 Å². The van der Waals surface area contributed by atoms with Crippen molar-refractivity contribution < 1.29 is 26.4 Å². The molecular formula is C32H33F3N4O3S. The third-order valence-corrected chi connectivity index (χ3v) is 9.64. The predicted octanol–water partition coefficient (Wildman–Crippen LogP) is 5.60. The zero-order valence-electron chi connectivity index (χ0n) is 24.1. The van der Waals surface area contributed by atoms with Crippen LogP contribution in [-0.4, -0.2) is 61.3 Å². The largest absolute Gasteiger partial charge is 0.398 e. The number of carbonyl (C=O) groups is 1. The van der Waals surface area contributed by atoms with Crippen LogP contribution in [0.2, 0.25) is 0 Å². The van der Waals surface area contributed by atoms with E-state index >= 15 is 0 Å². The Balaban J connectivity index is 1.32. The number of rotatable bonds is 10. The van der Waals surface area contributed by atoms with Crippen LogP contribution < -0.4 is 5.32 Å². The van der Waals surface area contributed by atoms with Crippen molar-refractivity contribution >= 4 is 32.4 Å². The van der Waals surface area contributed by atoms with Gasteiger partial charge in [0.2, 0.25) is 5.91 Å². The number of amides is 1. The Hall–Kier alpha value is -3.96. The second-order valence-corrected chi connectivity index (χ2v) is 13.0. The van der Waals surface area contributed by atoms with Gasteiger partial charge in [-0.25, -0.2) is 0 Å². The molecule has 3 aromatic carbocycles. The molecule has 1 N–H and O–H groups in total. The number of alkyl halides is 3. The highest BCUT2D eigenvalue weighted by atomic mass is 32.2. The zero-order valence-corrected chi connectivity index (χ0v) is 24.9. The summed E-state index contributed by atoms with van der Waals surface area (Å²) in [6.45, 7) is 2.08. The molecule has 226 valence electrons. The summed E-state index contributed by atoms with van der Waals surface area (Å²) in [6, 6.07) is 20.0. The van der Waals surface area contributed by atoms with Crippen molar-refractivity contribution in [1.29, 1.82) is 0 Å². The van der Waals surface area contributed by atoms with Crippen molar-refractivity contribution in [1.82, 2.24) is 19.4 Å². The smallest absolute Gasteiger partial charge is 0.351 e. The third kappa shape index (κ3) is 6.23. The van der Waals surface area contributed by atoms with Crippen molar-refractivity contribution in [2.45, 2.75) is 43.3 Å². The fourth-order valence-corrected chi connectivity index (χ4v) is 6.52. The van der Waals surface area contributed by atoms with Crippen LogP contribution in [0, 0.1) is 12.3 Å². The summed E-state index contributed by atoms with van der Waals surface area (Å²) < 4.78 is 69.4. The number of likely N-dealkylation sites (N-methyl/N-ethyl adjacent to an activating group) is 1. The quantitative estimate of drug-likeness (QED) is 0.237. The molecule has 1 aromatic heterocycles. The van der Waals surface area contributed by atoms with Gasteiger partial charge in [0.25, 0.3) is 10.0 Å². The molecule has 4 aromatic rings. The molecule has 1 amide bonds. The van der Waals surface area contributed by atoms with Gasteiger partial charge in [-0.2, -0.15) is 30.8 Å². The maximum atomic E-state index is 14.0. The van der Waals surface area contributed by atoms with E-state index in [-0.39, 0.29) is 35.9 Å². The van der Waals surface area contributed by atoms with Gasteiger partial charge in [-0.05, 0) is 81.2 Å². The Morgan fingerprint density at radius 1 is 1.07 bits per heavy atom. The van der Waals surface area contributed by atoms with Crippen LogP contribution in [0.3, 0.4) is 0 Å². The Morgan fingerprint density at radius 3 is 2.35 bits per heavy atom. The first-order valence-corrected chi connectivity index (χ1v) is 15.3. The van der Waals surface area contributed by atoms with E-state index in [0.29, 0.717) is 22.9 Å². The third-order valence-electron chi connectivity index (χ3n) is 8.03. The Bertz CT molecular complexity index is 1760. The summed E-state index contributed by atoms with van der Waals surface area (Å²) in [4.78, 5) is 15.0. The van der Waals surface area contributed by atoms with E-state index in [1.54, 1.807) is 60.7 Å². The molecule has 0 radical (unpaired) electrons. The summed E-state index contributed by atoms with van der Waals surface area (Å²) in [6.07, 6.45) is -1.45. The second kappa shape index (κ2) is 11.6. The molecule has 1 aliphatic carbocycles. The van der Waals surface area contributed by atoms with E-state index in [1.165, 1.54) is 6.20 Å². The van der Waals surface area contributed by atoms with Gasteiger partial charge in [-0.3, -0.25) is 4.79 Å². The van der Waals surface area contributed by atoms with Crippen LogP contribution in [0.1, 0.15) is 29.5 Å². The van der Waals surface area contributed by atoms with E-state index in [0.717, 1.165) is 21.3 Å². The lowest BCUT2D eigenvalue weighted by molar-refractivity contribution is -0.168. The van der Waals surface area contributed by atoms with Crippen LogP contribution >= 0.6 is 0 Å². The molecule has 1 saturated carbocycles. The number of benzene rings is 3. The first kappa shape index (κ1) is 30.5. The number of aryl methyl sites for hydroxylation is 1. The molecule has 0 unspecified atom stereocenters. The number of allylic oxidation sites excluding steroid dienone is 1. The number of aromatic nitrogens is 2. The first-order valence-electron chi connectivity index (χ1n) is 13.9. The summed E-state index contributed by atoms with van der Waals surface area (Å²) in [5, 5.41) is 7.59. The van der Waals surface area contributed by atoms with E-state index in [9.17, 15) is 26.4 Å². The van der Waals surface area contributed by atoms with Crippen LogP contribution in [0.4, 0.5) is 13.2 Å².